The van der Waals surface area contributed by atoms with Crippen LogP contribution in [0.5, 0.6) is 0 Å². The molecule has 0 N–H and O–H groups in total. The summed E-state index contributed by atoms with van der Waals surface area (Å²) in [6.07, 6.45) is -0.365. The van der Waals surface area contributed by atoms with Gasteiger partial charge < -0.3 is 10.3 Å². The van der Waals surface area contributed by atoms with Crippen molar-refractivity contribution in [3.63, 3.8) is 0 Å². The van der Waals surface area contributed by atoms with Crippen LogP contribution in [0.1, 0.15) is 19.4 Å². The number of ether oxygens (including phenoxy) is 1. The molecule has 1 aromatic carbocycles. The molecular weight excluding hydrogens is 211 g/mol. The Balaban J connectivity index is 3.06. The molecule has 0 aliphatic rings. The molecule has 0 bridgehead atoms. The lowest BCUT2D eigenvalue weighted by atomic mass is 10.1. The first-order valence-electron chi connectivity index (χ1n) is 4.74. The van der Waals surface area contributed by atoms with Gasteiger partial charge in [0, 0.05) is 0 Å². The molecule has 0 aromatic heterocycles. The first-order chi connectivity index (χ1) is 7.56. The number of carbonyl (C=O) groups is 1. The smallest absolute Gasteiger partial charge is 0.422 e. The Bertz CT molecular complexity index is 451. The highest BCUT2D eigenvalue weighted by molar-refractivity contribution is 6.40. The second kappa shape index (κ2) is 5.19. The van der Waals surface area contributed by atoms with E-state index >= 15 is 0 Å². The van der Waals surface area contributed by atoms with Crippen molar-refractivity contribution in [1.82, 2.24) is 0 Å². The van der Waals surface area contributed by atoms with E-state index in [-0.39, 0.29) is 11.7 Å². The predicted molar refractivity (Wildman–Crippen MR) is 55.4 cm³/mol. The zero-order valence-electron chi connectivity index (χ0n) is 8.98. The van der Waals surface area contributed by atoms with Gasteiger partial charge in [-0.2, -0.15) is 4.79 Å². The van der Waals surface area contributed by atoms with Gasteiger partial charge in [-0.05, 0) is 26.0 Å². The maximum Gasteiger partial charge on any atom is 0.422 e. The maximum atomic E-state index is 13.3. The third kappa shape index (κ3) is 2.74. The lowest BCUT2D eigenvalue weighted by molar-refractivity contribution is -0.143. The SMILES string of the molecule is CC(C)OC(=O)C(=[N+]=[N-])c1ccccc1F. The van der Waals surface area contributed by atoms with Crippen LogP contribution in [0.2, 0.25) is 0 Å². The number of benzene rings is 1. The number of nitrogens with zero attached hydrogens (tertiary/aromatic N) is 2. The Morgan fingerprint density at radius 3 is 2.56 bits per heavy atom. The fourth-order valence-electron chi connectivity index (χ4n) is 1.13. The Hall–Kier alpha value is -2.00. The lowest BCUT2D eigenvalue weighted by Crippen LogP contribution is -2.23. The van der Waals surface area contributed by atoms with Crippen LogP contribution in [0.4, 0.5) is 4.39 Å². The van der Waals surface area contributed by atoms with Crippen LogP contribution in [0.15, 0.2) is 24.3 Å². The third-order valence-electron chi connectivity index (χ3n) is 1.77. The summed E-state index contributed by atoms with van der Waals surface area (Å²) in [6.45, 7) is 3.29. The monoisotopic (exact) mass is 222 g/mol. The van der Waals surface area contributed by atoms with Crippen LogP contribution in [0.25, 0.3) is 5.53 Å². The van der Waals surface area contributed by atoms with Crippen LogP contribution >= 0.6 is 0 Å². The minimum Gasteiger partial charge on any atom is -0.454 e. The average molecular weight is 222 g/mol. The van der Waals surface area contributed by atoms with Gasteiger partial charge in [-0.25, -0.2) is 9.18 Å². The first kappa shape index (κ1) is 12.1. The van der Waals surface area contributed by atoms with Crippen molar-refractivity contribution in [3.8, 4) is 0 Å². The molecule has 0 atom stereocenters. The van der Waals surface area contributed by atoms with Gasteiger partial charge in [0.25, 0.3) is 0 Å². The molecule has 0 saturated carbocycles. The zero-order chi connectivity index (χ0) is 12.1. The minimum absolute atomic E-state index is 0.0874. The molecule has 84 valence electrons. The zero-order valence-corrected chi connectivity index (χ0v) is 8.98. The van der Waals surface area contributed by atoms with E-state index in [1.165, 1.54) is 24.3 Å². The topological polar surface area (TPSA) is 62.7 Å². The molecule has 0 saturated heterocycles. The van der Waals surface area contributed by atoms with E-state index < -0.39 is 17.5 Å². The van der Waals surface area contributed by atoms with E-state index in [1.807, 2.05) is 0 Å². The van der Waals surface area contributed by atoms with E-state index in [0.29, 0.717) is 0 Å². The van der Waals surface area contributed by atoms with Gasteiger partial charge in [0.1, 0.15) is 11.4 Å². The molecule has 4 nitrogen and oxygen atoms in total. The van der Waals surface area contributed by atoms with Gasteiger partial charge in [0.05, 0.1) is 6.10 Å². The molecule has 5 heteroatoms. The summed E-state index contributed by atoms with van der Waals surface area (Å²) in [5.41, 5.74) is 8.18. The third-order valence-corrected chi connectivity index (χ3v) is 1.77. The molecule has 0 unspecified atom stereocenters. The molecule has 0 heterocycles. The van der Waals surface area contributed by atoms with Gasteiger partial charge in [-0.3, -0.25) is 0 Å². The molecule has 0 radical (unpaired) electrons. The van der Waals surface area contributed by atoms with E-state index in [2.05, 4.69) is 4.79 Å². The molecular formula is C11H11FN2O2. The van der Waals surface area contributed by atoms with Crippen molar-refractivity contribution in [3.05, 3.63) is 41.2 Å². The van der Waals surface area contributed by atoms with Crippen LogP contribution in [-0.4, -0.2) is 22.6 Å². The summed E-state index contributed by atoms with van der Waals surface area (Å²) in [6, 6.07) is 5.52. The molecule has 1 aromatic rings. The van der Waals surface area contributed by atoms with E-state index in [9.17, 15) is 9.18 Å². The van der Waals surface area contributed by atoms with Gasteiger partial charge in [0.2, 0.25) is 0 Å². The van der Waals surface area contributed by atoms with Crippen molar-refractivity contribution in [2.75, 3.05) is 0 Å². The highest BCUT2D eigenvalue weighted by atomic mass is 19.1. The molecule has 0 aliphatic heterocycles. The van der Waals surface area contributed by atoms with Gasteiger partial charge >= 0.3 is 11.7 Å². The highest BCUT2D eigenvalue weighted by Gasteiger charge is 2.28. The first-order valence-corrected chi connectivity index (χ1v) is 4.74. The fourth-order valence-corrected chi connectivity index (χ4v) is 1.13. The van der Waals surface area contributed by atoms with E-state index in [0.717, 1.165) is 0 Å². The van der Waals surface area contributed by atoms with Crippen molar-refractivity contribution >= 4 is 11.7 Å². The normalized spacial score (nSPS) is 9.75. The minimum atomic E-state index is -0.859. The van der Waals surface area contributed by atoms with E-state index in [1.54, 1.807) is 13.8 Å². The molecule has 0 spiro atoms. The van der Waals surface area contributed by atoms with Crippen LogP contribution in [0, 0.1) is 5.82 Å². The second-order valence-electron chi connectivity index (χ2n) is 3.38. The number of halogens is 1. The number of carbonyl (C=O) groups excluding carboxylic acids is 1. The second-order valence-corrected chi connectivity index (χ2v) is 3.38. The number of hydrogen-bond acceptors (Lipinski definition) is 2. The van der Waals surface area contributed by atoms with E-state index in [4.69, 9.17) is 10.3 Å². The lowest BCUT2D eigenvalue weighted by Gasteiger charge is -2.04. The molecule has 16 heavy (non-hydrogen) atoms. The van der Waals surface area contributed by atoms with Crippen molar-refractivity contribution in [1.29, 1.82) is 0 Å². The number of hydrogen-bond donors (Lipinski definition) is 0. The maximum absolute atomic E-state index is 13.3. The Labute approximate surface area is 92.3 Å². The molecule has 1 rings (SSSR count). The predicted octanol–water partition coefficient (Wildman–Crippen LogP) is 1.80. The highest BCUT2D eigenvalue weighted by Crippen LogP contribution is 2.08. The Kier molecular flexibility index (Phi) is 3.91. The quantitative estimate of drug-likeness (QED) is 0.339. The standard InChI is InChI=1S/C11H11FN2O2/c1-7(2)16-11(15)10(14-13)8-5-3-4-6-9(8)12/h3-7H,1-2H3. The molecule has 0 amide bonds. The van der Waals surface area contributed by atoms with Crippen molar-refractivity contribution < 1.29 is 18.7 Å². The summed E-state index contributed by atoms with van der Waals surface area (Å²) in [5.74, 6) is -1.50. The Morgan fingerprint density at radius 1 is 1.44 bits per heavy atom. The number of rotatable bonds is 3. The summed E-state index contributed by atoms with van der Waals surface area (Å²) in [5, 5.41) is 0. The van der Waals surface area contributed by atoms with Crippen LogP contribution < -0.4 is 0 Å². The Morgan fingerprint density at radius 2 is 2.06 bits per heavy atom. The summed E-state index contributed by atoms with van der Waals surface area (Å²) < 4.78 is 18.1. The molecule has 0 fully saturated rings. The number of esters is 1. The van der Waals surface area contributed by atoms with Crippen molar-refractivity contribution in [2.45, 2.75) is 20.0 Å². The van der Waals surface area contributed by atoms with Crippen LogP contribution in [0.3, 0.4) is 0 Å². The van der Waals surface area contributed by atoms with Gasteiger partial charge in [0.15, 0.2) is 0 Å². The van der Waals surface area contributed by atoms with Crippen molar-refractivity contribution in [2.24, 2.45) is 0 Å². The van der Waals surface area contributed by atoms with Gasteiger partial charge in [-0.15, -0.1) is 0 Å². The van der Waals surface area contributed by atoms with Gasteiger partial charge in [-0.1, -0.05) is 12.1 Å². The van der Waals surface area contributed by atoms with Crippen LogP contribution in [-0.2, 0) is 9.53 Å². The average Bonchev–Trinajstić information content (AvgIpc) is 2.20. The summed E-state index contributed by atoms with van der Waals surface area (Å²) in [7, 11) is 0. The largest absolute Gasteiger partial charge is 0.454 e. The summed E-state index contributed by atoms with van der Waals surface area (Å²) >= 11 is 0. The fraction of sp³-hybridized carbons (Fsp3) is 0.273. The molecule has 0 aliphatic carbocycles. The summed E-state index contributed by atoms with van der Waals surface area (Å²) in [4.78, 5) is 14.2.